The summed E-state index contributed by atoms with van der Waals surface area (Å²) >= 11 is 0. The van der Waals surface area contributed by atoms with Crippen LogP contribution in [0.5, 0.6) is 23.3 Å². The number of ether oxygens (including phenoxy) is 2. The van der Waals surface area contributed by atoms with Crippen molar-refractivity contribution in [1.29, 1.82) is 0 Å². The van der Waals surface area contributed by atoms with Crippen molar-refractivity contribution in [3.05, 3.63) is 36.4 Å². The highest BCUT2D eigenvalue weighted by atomic mass is 16.5. The molecule has 2 N–H and O–H groups in total. The number of fused-ring (bicyclic) bond motifs is 2. The lowest BCUT2D eigenvalue weighted by Crippen LogP contribution is -2.00. The number of benzene rings is 2. The van der Waals surface area contributed by atoms with Crippen molar-refractivity contribution in [2.45, 2.75) is 98.6 Å². The zero-order valence-corrected chi connectivity index (χ0v) is 29.6. The van der Waals surface area contributed by atoms with Crippen LogP contribution >= 0.6 is 0 Å². The molecule has 2 aromatic carbocycles. The highest BCUT2D eigenvalue weighted by Crippen LogP contribution is 2.42. The van der Waals surface area contributed by atoms with Crippen LogP contribution in [-0.2, 0) is 22.7 Å². The summed E-state index contributed by atoms with van der Waals surface area (Å²) in [5, 5.41) is 39.4. The van der Waals surface area contributed by atoms with Gasteiger partial charge in [0.1, 0.15) is 11.5 Å². The Morgan fingerprint density at radius 1 is 0.653 bits per heavy atom. The smallest absolute Gasteiger partial charge is 0.264 e. The van der Waals surface area contributed by atoms with Crippen LogP contribution in [0.15, 0.2) is 56.9 Å². The average molecular weight is 675 g/mol. The second-order valence-electron chi connectivity index (χ2n) is 13.2. The van der Waals surface area contributed by atoms with Gasteiger partial charge in [-0.2, -0.15) is 0 Å². The molecule has 49 heavy (non-hydrogen) atoms. The topological polar surface area (TPSA) is 152 Å². The Morgan fingerprint density at radius 3 is 1.41 bits per heavy atom. The number of nitrogens with zero attached hydrogens (tertiary/aromatic N) is 6. The van der Waals surface area contributed by atoms with E-state index in [9.17, 15) is 19.8 Å². The first-order chi connectivity index (χ1) is 23.5. The van der Waals surface area contributed by atoms with Crippen LogP contribution in [0.4, 0.5) is 11.4 Å². The zero-order chi connectivity index (χ0) is 35.5. The molecule has 0 bridgehead atoms. The first-order valence-electron chi connectivity index (χ1n) is 17.2. The Kier molecular flexibility index (Phi) is 13.3. The summed E-state index contributed by atoms with van der Waals surface area (Å²) in [6.07, 6.45) is 5.99. The maximum atomic E-state index is 12.5. The number of aromatic hydroxyl groups is 2. The third-order valence-electron chi connectivity index (χ3n) is 8.60. The quantitative estimate of drug-likeness (QED) is 0.0791. The number of carbonyl (C=O) groups is 2. The molecular formula is C37H50N6O6. The van der Waals surface area contributed by atoms with Crippen LogP contribution in [-0.4, -0.2) is 45.4 Å². The van der Waals surface area contributed by atoms with E-state index < -0.39 is 0 Å². The summed E-state index contributed by atoms with van der Waals surface area (Å²) in [6.45, 7) is 9.73. The molecule has 2 amide bonds. The number of hydrogen-bond donors (Lipinski definition) is 2. The molecule has 2 aromatic heterocycles. The summed E-state index contributed by atoms with van der Waals surface area (Å²) in [4.78, 5) is 25.0. The van der Waals surface area contributed by atoms with Crippen molar-refractivity contribution in [1.82, 2.24) is 9.13 Å². The van der Waals surface area contributed by atoms with Gasteiger partial charge in [-0.3, -0.25) is 9.59 Å². The fourth-order valence-electron chi connectivity index (χ4n) is 5.68. The van der Waals surface area contributed by atoms with Gasteiger partial charge in [0.15, 0.2) is 11.4 Å². The number of rotatable bonds is 18. The first kappa shape index (κ1) is 37.1. The molecule has 0 fully saturated rings. The fourth-order valence-corrected chi connectivity index (χ4v) is 5.68. The normalized spacial score (nSPS) is 12.1. The standard InChI is InChI=1S/C37H50N6O6/c1-24(2)18-20-42-30-16-14-26(48-5)22-28(30)34(36(42)46)40-38-32(44)12-10-8-7-9-11-13-33(45)39-41-35-29-23-27(49-6)15-17-31(29)43(37(35)47)21-19-25(3)4/h14-17,22-25,46-47H,7-13,18-21H2,1-6H3. The lowest BCUT2D eigenvalue weighted by atomic mass is 10.1. The summed E-state index contributed by atoms with van der Waals surface area (Å²) in [5.41, 5.74) is 2.15. The van der Waals surface area contributed by atoms with Gasteiger partial charge in [0.2, 0.25) is 11.8 Å². The SMILES string of the molecule is COc1ccc2c(c1)c(N=NC(=O)CCCCCCCC(=O)N=Nc1c(O)n(CCC(C)C)c3ccc(OC)cc13)c(O)n2CCC(C)C. The average Bonchev–Trinajstić information content (AvgIpc) is 3.50. The molecule has 0 aliphatic rings. The van der Waals surface area contributed by atoms with E-state index >= 15 is 0 Å². The van der Waals surface area contributed by atoms with Crippen molar-refractivity contribution in [2.75, 3.05) is 14.2 Å². The van der Waals surface area contributed by atoms with Crippen LogP contribution in [0.25, 0.3) is 21.8 Å². The lowest BCUT2D eigenvalue weighted by molar-refractivity contribution is -0.119. The molecular weight excluding hydrogens is 624 g/mol. The van der Waals surface area contributed by atoms with E-state index in [0.29, 0.717) is 60.0 Å². The van der Waals surface area contributed by atoms with Crippen LogP contribution in [0.3, 0.4) is 0 Å². The third-order valence-corrected chi connectivity index (χ3v) is 8.60. The van der Waals surface area contributed by atoms with Crippen molar-refractivity contribution in [3.8, 4) is 23.3 Å². The number of unbranched alkanes of at least 4 members (excludes halogenated alkanes) is 4. The van der Waals surface area contributed by atoms with E-state index in [1.165, 1.54) is 0 Å². The largest absolute Gasteiger partial charge is 0.497 e. The molecule has 0 aliphatic heterocycles. The molecule has 4 rings (SSSR count). The number of hydrogen-bond acceptors (Lipinski definition) is 8. The van der Waals surface area contributed by atoms with E-state index in [1.807, 2.05) is 24.3 Å². The van der Waals surface area contributed by atoms with E-state index in [-0.39, 0.29) is 47.8 Å². The second-order valence-corrected chi connectivity index (χ2v) is 13.2. The van der Waals surface area contributed by atoms with Crippen LogP contribution in [0.1, 0.15) is 85.5 Å². The molecule has 0 spiro atoms. The Labute approximate surface area is 287 Å². The predicted octanol–water partition coefficient (Wildman–Crippen LogP) is 9.77. The van der Waals surface area contributed by atoms with Gasteiger partial charge < -0.3 is 28.8 Å². The van der Waals surface area contributed by atoms with E-state index in [1.54, 1.807) is 35.5 Å². The number of amides is 2. The van der Waals surface area contributed by atoms with Gasteiger partial charge in [-0.25, -0.2) is 0 Å². The van der Waals surface area contributed by atoms with Crippen molar-refractivity contribution >= 4 is 45.0 Å². The minimum absolute atomic E-state index is 0.0139. The number of aryl methyl sites for hydroxylation is 2. The Bertz CT molecular complexity index is 1670. The Morgan fingerprint density at radius 2 is 1.04 bits per heavy atom. The zero-order valence-electron chi connectivity index (χ0n) is 29.6. The minimum atomic E-state index is -0.354. The minimum Gasteiger partial charge on any atom is -0.497 e. The molecule has 0 saturated carbocycles. The van der Waals surface area contributed by atoms with E-state index in [0.717, 1.165) is 43.1 Å². The first-order valence-corrected chi connectivity index (χ1v) is 17.2. The number of carbonyl (C=O) groups excluding carboxylic acids is 2. The van der Waals surface area contributed by atoms with Gasteiger partial charge >= 0.3 is 0 Å². The maximum Gasteiger partial charge on any atom is 0.264 e. The van der Waals surface area contributed by atoms with Gasteiger partial charge in [-0.15, -0.1) is 20.5 Å². The summed E-state index contributed by atoms with van der Waals surface area (Å²) < 4.78 is 14.3. The Balaban J connectivity index is 1.24. The van der Waals surface area contributed by atoms with E-state index in [4.69, 9.17) is 9.47 Å². The van der Waals surface area contributed by atoms with Gasteiger partial charge in [-0.05, 0) is 73.9 Å². The van der Waals surface area contributed by atoms with Gasteiger partial charge in [0.25, 0.3) is 11.8 Å². The van der Waals surface area contributed by atoms with Crippen LogP contribution in [0.2, 0.25) is 0 Å². The molecule has 12 heteroatoms. The Hall–Kier alpha value is -4.74. The maximum absolute atomic E-state index is 12.5. The van der Waals surface area contributed by atoms with Gasteiger partial charge in [0, 0.05) is 36.7 Å². The second kappa shape index (κ2) is 17.6. The molecule has 4 aromatic rings. The summed E-state index contributed by atoms with van der Waals surface area (Å²) in [5.74, 6) is 1.43. The monoisotopic (exact) mass is 674 g/mol. The molecule has 0 atom stereocenters. The molecule has 0 aliphatic carbocycles. The number of aromatic nitrogens is 2. The molecule has 12 nitrogen and oxygen atoms in total. The van der Waals surface area contributed by atoms with Gasteiger partial charge in [-0.1, -0.05) is 47.0 Å². The number of methoxy groups -OCH3 is 2. The highest BCUT2D eigenvalue weighted by Gasteiger charge is 2.20. The number of azo groups is 2. The van der Waals surface area contributed by atoms with Gasteiger partial charge in [0.05, 0.1) is 25.3 Å². The molecule has 0 radical (unpaired) electrons. The van der Waals surface area contributed by atoms with Crippen LogP contribution in [0, 0.1) is 11.8 Å². The molecule has 2 heterocycles. The van der Waals surface area contributed by atoms with Crippen molar-refractivity contribution in [3.63, 3.8) is 0 Å². The van der Waals surface area contributed by atoms with Crippen molar-refractivity contribution < 1.29 is 29.3 Å². The molecule has 264 valence electrons. The highest BCUT2D eigenvalue weighted by molar-refractivity contribution is 5.97. The summed E-state index contributed by atoms with van der Waals surface area (Å²) in [6, 6.07) is 11.0. The molecule has 0 saturated heterocycles. The van der Waals surface area contributed by atoms with Crippen LogP contribution < -0.4 is 9.47 Å². The van der Waals surface area contributed by atoms with E-state index in [2.05, 4.69) is 48.2 Å². The summed E-state index contributed by atoms with van der Waals surface area (Å²) in [7, 11) is 3.15. The fraction of sp³-hybridized carbons (Fsp3) is 0.514. The van der Waals surface area contributed by atoms with Crippen molar-refractivity contribution in [2.24, 2.45) is 32.3 Å². The lowest BCUT2D eigenvalue weighted by Gasteiger charge is -2.09. The third kappa shape index (κ3) is 9.67. The molecule has 0 unspecified atom stereocenters. The predicted molar refractivity (Wildman–Crippen MR) is 191 cm³/mol.